The first-order valence-corrected chi connectivity index (χ1v) is 9.11. The minimum atomic E-state index is 0. The van der Waals surface area contributed by atoms with Crippen LogP contribution in [0, 0.1) is 0 Å². The Morgan fingerprint density at radius 2 is 1.52 bits per heavy atom. The number of halogens is 2. The summed E-state index contributed by atoms with van der Waals surface area (Å²) < 4.78 is 0. The van der Waals surface area contributed by atoms with Crippen molar-refractivity contribution in [3.8, 4) is 0 Å². The first-order chi connectivity index (χ1) is 12.2. The highest BCUT2D eigenvalue weighted by atomic mass is 35.5. The molecule has 0 saturated carbocycles. The summed E-state index contributed by atoms with van der Waals surface area (Å²) in [5.41, 5.74) is 10.3. The Hall–Kier alpha value is -1.75. The first-order valence-electron chi connectivity index (χ1n) is 9.11. The smallest absolute Gasteiger partial charge is 0.220 e. The topological polar surface area (TPSA) is 58.4 Å². The van der Waals surface area contributed by atoms with Crippen molar-refractivity contribution in [1.82, 2.24) is 10.2 Å². The zero-order chi connectivity index (χ0) is 17.5. The number of nitrogens with zero attached hydrogens (tertiary/aromatic N) is 1. The van der Waals surface area contributed by atoms with Gasteiger partial charge in [0.15, 0.2) is 0 Å². The van der Waals surface area contributed by atoms with Crippen LogP contribution < -0.4 is 11.1 Å². The minimum Gasteiger partial charge on any atom is -0.399 e. The van der Waals surface area contributed by atoms with Gasteiger partial charge in [-0.15, -0.1) is 24.8 Å². The fourth-order valence-corrected chi connectivity index (χ4v) is 3.36. The molecule has 2 aromatic rings. The van der Waals surface area contributed by atoms with Gasteiger partial charge in [0.05, 0.1) is 0 Å². The van der Waals surface area contributed by atoms with Crippen molar-refractivity contribution < 1.29 is 4.79 Å². The minimum absolute atomic E-state index is 0. The number of hydrogen-bond donors (Lipinski definition) is 2. The Balaban J connectivity index is 0.00000182. The van der Waals surface area contributed by atoms with Crippen LogP contribution in [0.1, 0.15) is 36.0 Å². The van der Waals surface area contributed by atoms with E-state index in [0.717, 1.165) is 17.8 Å². The maximum atomic E-state index is 12.2. The van der Waals surface area contributed by atoms with E-state index in [2.05, 4.69) is 28.4 Å². The molecule has 0 atom stereocenters. The number of hydrogen-bond acceptors (Lipinski definition) is 3. The van der Waals surface area contributed by atoms with E-state index >= 15 is 0 Å². The standard InChI is InChI=1S/C21H27N3O.2ClH/c22-20-10-4-3-7-17(20)11-12-21(25)23-15-18-8-1-2-9-19(18)16-24-13-5-6-14-24;;/h1-4,7-10H,5-6,11-16,22H2,(H,23,25);2*1H. The van der Waals surface area contributed by atoms with Crippen molar-refractivity contribution in [2.24, 2.45) is 0 Å². The molecule has 0 spiro atoms. The molecule has 27 heavy (non-hydrogen) atoms. The zero-order valence-electron chi connectivity index (χ0n) is 15.5. The van der Waals surface area contributed by atoms with Crippen LogP contribution in [0.15, 0.2) is 48.5 Å². The number of carbonyl (C=O) groups excluding carboxylic acids is 1. The van der Waals surface area contributed by atoms with Crippen molar-refractivity contribution in [2.45, 2.75) is 38.8 Å². The Morgan fingerprint density at radius 3 is 2.19 bits per heavy atom. The lowest BCUT2D eigenvalue weighted by atomic mass is 10.1. The quantitative estimate of drug-likeness (QED) is 0.680. The number of carbonyl (C=O) groups is 1. The number of anilines is 1. The van der Waals surface area contributed by atoms with Crippen LogP contribution in [0.25, 0.3) is 0 Å². The van der Waals surface area contributed by atoms with Crippen LogP contribution in [0.3, 0.4) is 0 Å². The van der Waals surface area contributed by atoms with Crippen molar-refractivity contribution in [3.63, 3.8) is 0 Å². The third kappa shape index (κ3) is 7.06. The van der Waals surface area contributed by atoms with E-state index in [1.165, 1.54) is 37.1 Å². The molecular formula is C21H29Cl2N3O. The summed E-state index contributed by atoms with van der Waals surface area (Å²) in [6.45, 7) is 3.93. The van der Waals surface area contributed by atoms with E-state index in [-0.39, 0.29) is 30.7 Å². The largest absolute Gasteiger partial charge is 0.399 e. The molecule has 3 rings (SSSR count). The van der Waals surface area contributed by atoms with E-state index in [9.17, 15) is 4.79 Å². The molecule has 2 aromatic carbocycles. The summed E-state index contributed by atoms with van der Waals surface area (Å²) in [6, 6.07) is 16.1. The van der Waals surface area contributed by atoms with Crippen LogP contribution in [0.5, 0.6) is 0 Å². The lowest BCUT2D eigenvalue weighted by Gasteiger charge is -2.17. The number of para-hydroxylation sites is 1. The molecule has 0 radical (unpaired) electrons. The second-order valence-electron chi connectivity index (χ2n) is 6.73. The molecule has 148 valence electrons. The van der Waals surface area contributed by atoms with Crippen LogP contribution in [-0.2, 0) is 24.3 Å². The van der Waals surface area contributed by atoms with E-state index < -0.39 is 0 Å². The zero-order valence-corrected chi connectivity index (χ0v) is 17.2. The number of benzene rings is 2. The molecule has 1 amide bonds. The maximum Gasteiger partial charge on any atom is 0.220 e. The second-order valence-corrected chi connectivity index (χ2v) is 6.73. The van der Waals surface area contributed by atoms with Gasteiger partial charge in [0, 0.05) is 25.2 Å². The molecule has 1 aliphatic rings. The highest BCUT2D eigenvalue weighted by Gasteiger charge is 2.13. The molecule has 0 unspecified atom stereocenters. The number of nitrogens with two attached hydrogens (primary N) is 1. The third-order valence-electron chi connectivity index (χ3n) is 4.86. The van der Waals surface area contributed by atoms with E-state index in [0.29, 0.717) is 19.4 Å². The van der Waals surface area contributed by atoms with E-state index in [1.807, 2.05) is 30.3 Å². The summed E-state index contributed by atoms with van der Waals surface area (Å²) in [4.78, 5) is 14.7. The Morgan fingerprint density at radius 1 is 0.926 bits per heavy atom. The van der Waals surface area contributed by atoms with Gasteiger partial charge >= 0.3 is 0 Å². The van der Waals surface area contributed by atoms with Crippen LogP contribution in [-0.4, -0.2) is 23.9 Å². The van der Waals surface area contributed by atoms with Crippen molar-refractivity contribution in [1.29, 1.82) is 0 Å². The monoisotopic (exact) mass is 409 g/mol. The number of amides is 1. The average molecular weight is 410 g/mol. The molecule has 1 saturated heterocycles. The van der Waals surface area contributed by atoms with Gasteiger partial charge in [-0.2, -0.15) is 0 Å². The van der Waals surface area contributed by atoms with Crippen molar-refractivity contribution in [3.05, 3.63) is 65.2 Å². The SMILES string of the molecule is Cl.Cl.Nc1ccccc1CCC(=O)NCc1ccccc1CN1CCCC1. The van der Waals surface area contributed by atoms with Crippen LogP contribution in [0.2, 0.25) is 0 Å². The van der Waals surface area contributed by atoms with Gasteiger partial charge in [-0.05, 0) is 55.1 Å². The predicted octanol–water partition coefficient (Wildman–Crippen LogP) is 3.96. The van der Waals surface area contributed by atoms with E-state index in [4.69, 9.17) is 5.73 Å². The normalized spacial score (nSPS) is 13.5. The molecule has 4 nitrogen and oxygen atoms in total. The Bertz CT molecular complexity index is 718. The van der Waals surface area contributed by atoms with Gasteiger partial charge in [-0.25, -0.2) is 0 Å². The second kappa shape index (κ2) is 11.9. The Labute approximate surface area is 174 Å². The number of nitrogens with one attached hydrogen (secondary N) is 1. The predicted molar refractivity (Wildman–Crippen MR) is 116 cm³/mol. The van der Waals surface area contributed by atoms with Gasteiger partial charge in [-0.1, -0.05) is 42.5 Å². The summed E-state index contributed by atoms with van der Waals surface area (Å²) in [5, 5.41) is 3.06. The Kier molecular flexibility index (Phi) is 10.2. The molecule has 6 heteroatoms. The molecule has 3 N–H and O–H groups in total. The molecular weight excluding hydrogens is 381 g/mol. The van der Waals surface area contributed by atoms with Gasteiger partial charge in [0.25, 0.3) is 0 Å². The van der Waals surface area contributed by atoms with Gasteiger partial charge in [0.2, 0.25) is 5.91 Å². The number of aryl methyl sites for hydroxylation is 1. The van der Waals surface area contributed by atoms with Crippen LogP contribution in [0.4, 0.5) is 5.69 Å². The lowest BCUT2D eigenvalue weighted by molar-refractivity contribution is -0.121. The summed E-state index contributed by atoms with van der Waals surface area (Å²) in [6.07, 6.45) is 3.72. The van der Waals surface area contributed by atoms with E-state index in [1.54, 1.807) is 0 Å². The van der Waals surface area contributed by atoms with Gasteiger partial charge in [0.1, 0.15) is 0 Å². The fraction of sp³-hybridized carbons (Fsp3) is 0.381. The molecule has 0 bridgehead atoms. The number of nitrogen functional groups attached to an aromatic ring is 1. The van der Waals surface area contributed by atoms with Crippen molar-refractivity contribution in [2.75, 3.05) is 18.8 Å². The summed E-state index contributed by atoms with van der Waals surface area (Å²) in [7, 11) is 0. The highest BCUT2D eigenvalue weighted by molar-refractivity contribution is 5.85. The summed E-state index contributed by atoms with van der Waals surface area (Å²) in [5.74, 6) is 0.0687. The molecule has 0 aromatic heterocycles. The average Bonchev–Trinajstić information content (AvgIpc) is 3.13. The number of likely N-dealkylation sites (tertiary alicyclic amines) is 1. The molecule has 1 fully saturated rings. The fourth-order valence-electron chi connectivity index (χ4n) is 3.36. The first kappa shape index (κ1) is 23.3. The molecule has 1 heterocycles. The highest BCUT2D eigenvalue weighted by Crippen LogP contribution is 2.16. The van der Waals surface area contributed by atoms with Crippen LogP contribution >= 0.6 is 24.8 Å². The number of rotatable bonds is 7. The van der Waals surface area contributed by atoms with Gasteiger partial charge < -0.3 is 11.1 Å². The third-order valence-corrected chi connectivity index (χ3v) is 4.86. The molecule has 1 aliphatic heterocycles. The molecule has 0 aliphatic carbocycles. The maximum absolute atomic E-state index is 12.2. The van der Waals surface area contributed by atoms with Crippen molar-refractivity contribution >= 4 is 36.4 Å². The summed E-state index contributed by atoms with van der Waals surface area (Å²) >= 11 is 0. The lowest BCUT2D eigenvalue weighted by Crippen LogP contribution is -2.25. The van der Waals surface area contributed by atoms with Gasteiger partial charge in [-0.3, -0.25) is 9.69 Å².